The predicted octanol–water partition coefficient (Wildman–Crippen LogP) is 2.72. The smallest absolute Gasteiger partial charge is 0.318 e. The fourth-order valence-corrected chi connectivity index (χ4v) is 5.93. The zero-order valence-electron chi connectivity index (χ0n) is 15.8. The molecule has 148 valence electrons. The minimum absolute atomic E-state index is 0.0230. The number of benzene rings is 1. The van der Waals surface area contributed by atoms with Crippen LogP contribution < -0.4 is 5.32 Å². The van der Waals surface area contributed by atoms with Gasteiger partial charge in [-0.2, -0.15) is 0 Å². The molecule has 1 aromatic rings. The Labute approximate surface area is 161 Å². The van der Waals surface area contributed by atoms with Crippen LogP contribution in [-0.4, -0.2) is 50.9 Å². The van der Waals surface area contributed by atoms with Gasteiger partial charge in [-0.3, -0.25) is 0 Å². The van der Waals surface area contributed by atoms with Crippen molar-refractivity contribution in [2.24, 2.45) is 5.41 Å². The molecule has 27 heavy (non-hydrogen) atoms. The maximum Gasteiger partial charge on any atom is 0.318 e. The molecule has 2 saturated heterocycles. The van der Waals surface area contributed by atoms with Gasteiger partial charge in [0.2, 0.25) is 0 Å². The minimum Gasteiger partial charge on any atom is -0.384 e. The van der Waals surface area contributed by atoms with Crippen molar-refractivity contribution in [1.29, 1.82) is 0 Å². The average molecular weight is 393 g/mol. The molecule has 6 nitrogen and oxygen atoms in total. The molecule has 2 atom stereocenters. The number of hydrogen-bond acceptors (Lipinski definition) is 4. The van der Waals surface area contributed by atoms with Crippen LogP contribution in [0.25, 0.3) is 0 Å². The van der Waals surface area contributed by atoms with Gasteiger partial charge < -0.3 is 15.0 Å². The van der Waals surface area contributed by atoms with E-state index in [1.165, 1.54) is 32.8 Å². The second-order valence-corrected chi connectivity index (χ2v) is 10.4. The third-order valence-electron chi connectivity index (χ3n) is 6.43. The van der Waals surface area contributed by atoms with Crippen LogP contribution in [0.3, 0.4) is 0 Å². The van der Waals surface area contributed by atoms with Crippen molar-refractivity contribution in [3.8, 4) is 0 Å². The van der Waals surface area contributed by atoms with Crippen molar-refractivity contribution in [2.45, 2.75) is 62.0 Å². The Kier molecular flexibility index (Phi) is 4.93. The summed E-state index contributed by atoms with van der Waals surface area (Å²) in [6.07, 6.45) is 7.29. The number of urea groups is 1. The molecule has 3 fully saturated rings. The number of fused-ring (bicyclic) bond motifs is 2. The second-order valence-electron chi connectivity index (χ2n) is 8.31. The highest BCUT2D eigenvalue weighted by Gasteiger charge is 2.55. The van der Waals surface area contributed by atoms with E-state index in [1.54, 1.807) is 24.3 Å². The van der Waals surface area contributed by atoms with E-state index in [-0.39, 0.29) is 18.4 Å². The summed E-state index contributed by atoms with van der Waals surface area (Å²) in [4.78, 5) is 15.1. The number of nitrogens with zero attached hydrogens (tertiary/aromatic N) is 1. The van der Waals surface area contributed by atoms with Gasteiger partial charge in [-0.15, -0.1) is 0 Å². The van der Waals surface area contributed by atoms with Gasteiger partial charge in [0.1, 0.15) is 0 Å². The van der Waals surface area contributed by atoms with Crippen LogP contribution in [-0.2, 0) is 21.1 Å². The first-order valence-electron chi connectivity index (χ1n) is 9.79. The monoisotopic (exact) mass is 392 g/mol. The number of hydrogen-bond donors (Lipinski definition) is 1. The van der Waals surface area contributed by atoms with Crippen molar-refractivity contribution < 1.29 is 17.9 Å². The first-order chi connectivity index (χ1) is 12.9. The number of ether oxygens (including phenoxy) is 1. The van der Waals surface area contributed by atoms with Crippen LogP contribution in [0.1, 0.15) is 44.1 Å². The van der Waals surface area contributed by atoms with E-state index in [4.69, 9.17) is 4.74 Å². The Morgan fingerprint density at radius 1 is 1.19 bits per heavy atom. The van der Waals surface area contributed by atoms with Crippen LogP contribution in [0.4, 0.5) is 4.79 Å². The number of rotatable bonds is 6. The lowest BCUT2D eigenvalue weighted by molar-refractivity contribution is 0.113. The number of nitrogens with one attached hydrogen (secondary N) is 1. The highest BCUT2D eigenvalue weighted by atomic mass is 32.2. The number of amides is 2. The lowest BCUT2D eigenvalue weighted by atomic mass is 9.88. The lowest BCUT2D eigenvalue weighted by Crippen LogP contribution is -2.51. The first kappa shape index (κ1) is 18.7. The van der Waals surface area contributed by atoms with Gasteiger partial charge in [0, 0.05) is 25.7 Å². The zero-order valence-corrected chi connectivity index (χ0v) is 16.6. The molecule has 2 unspecified atom stereocenters. The number of piperidine rings is 1. The second kappa shape index (κ2) is 7.09. The van der Waals surface area contributed by atoms with E-state index in [0.717, 1.165) is 18.4 Å². The van der Waals surface area contributed by atoms with Gasteiger partial charge in [-0.25, -0.2) is 13.2 Å². The van der Waals surface area contributed by atoms with E-state index in [0.29, 0.717) is 28.9 Å². The van der Waals surface area contributed by atoms with Crippen LogP contribution >= 0.6 is 0 Å². The molecule has 1 saturated carbocycles. The number of carbonyl (C=O) groups excluding carboxylic acids is 1. The molecule has 2 amide bonds. The summed E-state index contributed by atoms with van der Waals surface area (Å²) in [5.41, 5.74) is 1.46. The van der Waals surface area contributed by atoms with Crippen molar-refractivity contribution in [3.63, 3.8) is 0 Å². The minimum atomic E-state index is -3.32. The standard InChI is InChI=1S/C20H28N2O4S/c1-26-10-11-27(24,25)18-6-2-15(3-7-18)14-21-19(23)22-16-4-5-17(22)13-20(12-16)8-9-20/h2-3,6-7,16-17H,4-5,8-14H2,1H3,(H,21,23). The number of methoxy groups -OCH3 is 1. The molecular formula is C20H28N2O4S. The zero-order chi connectivity index (χ0) is 19.1. The predicted molar refractivity (Wildman–Crippen MR) is 102 cm³/mol. The fourth-order valence-electron chi connectivity index (χ4n) is 4.76. The van der Waals surface area contributed by atoms with Crippen LogP contribution in [0.5, 0.6) is 0 Å². The maximum absolute atomic E-state index is 12.7. The molecule has 0 aromatic heterocycles. The summed E-state index contributed by atoms with van der Waals surface area (Å²) in [6.45, 7) is 0.595. The van der Waals surface area contributed by atoms with Gasteiger partial charge in [-0.1, -0.05) is 12.1 Å². The summed E-state index contributed by atoms with van der Waals surface area (Å²) in [7, 11) is -1.83. The van der Waals surface area contributed by atoms with E-state index >= 15 is 0 Å². The van der Waals surface area contributed by atoms with Gasteiger partial charge in [-0.05, 0) is 61.6 Å². The SMILES string of the molecule is COCCS(=O)(=O)c1ccc(CNC(=O)N2C3CCC2CC2(CC2)C3)cc1. The molecule has 1 spiro atoms. The van der Waals surface area contributed by atoms with Gasteiger partial charge in [0.15, 0.2) is 9.84 Å². The Balaban J connectivity index is 1.33. The summed E-state index contributed by atoms with van der Waals surface area (Å²) < 4.78 is 29.2. The quantitative estimate of drug-likeness (QED) is 0.808. The Bertz CT molecular complexity index is 786. The highest BCUT2D eigenvalue weighted by Crippen LogP contribution is 2.59. The van der Waals surface area contributed by atoms with Crippen molar-refractivity contribution in [1.82, 2.24) is 10.2 Å². The number of sulfone groups is 1. The highest BCUT2D eigenvalue weighted by molar-refractivity contribution is 7.91. The van der Waals surface area contributed by atoms with Gasteiger partial charge in [0.05, 0.1) is 17.3 Å². The molecule has 2 aliphatic heterocycles. The van der Waals surface area contributed by atoms with Crippen molar-refractivity contribution >= 4 is 15.9 Å². The largest absolute Gasteiger partial charge is 0.384 e. The lowest BCUT2D eigenvalue weighted by Gasteiger charge is -2.39. The molecule has 4 rings (SSSR count). The molecule has 1 aromatic carbocycles. The van der Waals surface area contributed by atoms with Gasteiger partial charge >= 0.3 is 6.03 Å². The third-order valence-corrected chi connectivity index (χ3v) is 8.13. The molecule has 7 heteroatoms. The molecule has 0 radical (unpaired) electrons. The maximum atomic E-state index is 12.7. The topological polar surface area (TPSA) is 75.7 Å². The Morgan fingerprint density at radius 3 is 2.37 bits per heavy atom. The number of carbonyl (C=O) groups is 1. The van der Waals surface area contributed by atoms with Crippen LogP contribution in [0, 0.1) is 5.41 Å². The molecule has 2 heterocycles. The molecule has 1 aliphatic carbocycles. The van der Waals surface area contributed by atoms with E-state index in [1.807, 2.05) is 0 Å². The summed E-state index contributed by atoms with van der Waals surface area (Å²) in [5.74, 6) is -0.0290. The van der Waals surface area contributed by atoms with Crippen molar-refractivity contribution in [3.05, 3.63) is 29.8 Å². The normalized spacial score (nSPS) is 25.6. The van der Waals surface area contributed by atoms with Gasteiger partial charge in [0.25, 0.3) is 0 Å². The molecule has 1 N–H and O–H groups in total. The molecule has 2 bridgehead atoms. The third kappa shape index (κ3) is 3.85. The van der Waals surface area contributed by atoms with Crippen molar-refractivity contribution in [2.75, 3.05) is 19.5 Å². The van der Waals surface area contributed by atoms with Crippen LogP contribution in [0.2, 0.25) is 0 Å². The Morgan fingerprint density at radius 2 is 1.81 bits per heavy atom. The first-order valence-corrected chi connectivity index (χ1v) is 11.4. The summed E-state index contributed by atoms with van der Waals surface area (Å²) in [6, 6.07) is 7.57. The molecular weight excluding hydrogens is 364 g/mol. The van der Waals surface area contributed by atoms with Crippen LogP contribution in [0.15, 0.2) is 29.2 Å². The summed E-state index contributed by atoms with van der Waals surface area (Å²) >= 11 is 0. The fraction of sp³-hybridized carbons (Fsp3) is 0.650. The Hall–Kier alpha value is -1.60. The summed E-state index contributed by atoms with van der Waals surface area (Å²) in [5, 5.41) is 3.03. The van der Waals surface area contributed by atoms with E-state index < -0.39 is 9.84 Å². The van der Waals surface area contributed by atoms with E-state index in [9.17, 15) is 13.2 Å². The van der Waals surface area contributed by atoms with E-state index in [2.05, 4.69) is 10.2 Å². The molecule has 3 aliphatic rings. The average Bonchev–Trinajstić information content (AvgIpc) is 3.34.